The molecule has 28 heavy (non-hydrogen) atoms. The van der Waals surface area contributed by atoms with Gasteiger partial charge in [0.05, 0.1) is 5.75 Å². The highest BCUT2D eigenvalue weighted by Crippen LogP contribution is 2.19. The fourth-order valence-corrected chi connectivity index (χ4v) is 5.04. The molecule has 2 aromatic carbocycles. The Balaban J connectivity index is 1.29. The van der Waals surface area contributed by atoms with Gasteiger partial charge in [0.25, 0.3) is 0 Å². The standard InChI is InChI=1S/C20H20N4O2S2/c25-28(26,22-15-17-7-3-6-16-5-1-2-8-18(16)17)14-4-13-27-20-10-9-19-21-11-12-24(19)23-20/h1-3,5-12,22H,4,13-15H2. The van der Waals surface area contributed by atoms with Crippen LogP contribution in [0.4, 0.5) is 0 Å². The SMILES string of the molecule is O=S(=O)(CCCSc1ccc2nccn2n1)NCc1cccc2ccccc12. The Kier molecular flexibility index (Phi) is 5.61. The highest BCUT2D eigenvalue weighted by molar-refractivity contribution is 7.99. The highest BCUT2D eigenvalue weighted by Gasteiger charge is 2.11. The summed E-state index contributed by atoms with van der Waals surface area (Å²) < 4.78 is 29.1. The lowest BCUT2D eigenvalue weighted by Crippen LogP contribution is -2.26. The molecule has 0 bridgehead atoms. The van der Waals surface area contributed by atoms with Gasteiger partial charge in [-0.1, -0.05) is 42.5 Å². The van der Waals surface area contributed by atoms with Crippen LogP contribution in [0.3, 0.4) is 0 Å². The zero-order valence-electron chi connectivity index (χ0n) is 15.2. The van der Waals surface area contributed by atoms with Crippen LogP contribution in [0.15, 0.2) is 72.0 Å². The minimum atomic E-state index is -3.33. The van der Waals surface area contributed by atoms with E-state index in [9.17, 15) is 8.42 Å². The van der Waals surface area contributed by atoms with Crippen molar-refractivity contribution < 1.29 is 8.42 Å². The summed E-state index contributed by atoms with van der Waals surface area (Å²) in [6, 6.07) is 17.7. The third-order valence-corrected chi connectivity index (χ3v) is 6.82. The number of hydrogen-bond donors (Lipinski definition) is 1. The first-order valence-electron chi connectivity index (χ1n) is 8.98. The Morgan fingerprint density at radius 3 is 2.82 bits per heavy atom. The van der Waals surface area contributed by atoms with E-state index in [-0.39, 0.29) is 5.75 Å². The second kappa shape index (κ2) is 8.30. The predicted octanol–water partition coefficient (Wildman–Crippen LogP) is 3.48. The Hall–Kier alpha value is -2.42. The molecule has 8 heteroatoms. The lowest BCUT2D eigenvalue weighted by Gasteiger charge is -2.09. The van der Waals surface area contributed by atoms with Gasteiger partial charge in [0.1, 0.15) is 5.03 Å². The smallest absolute Gasteiger partial charge is 0.211 e. The number of fused-ring (bicyclic) bond motifs is 2. The Morgan fingerprint density at radius 1 is 1.04 bits per heavy atom. The lowest BCUT2D eigenvalue weighted by atomic mass is 10.1. The number of aromatic nitrogens is 3. The normalized spacial score (nSPS) is 12.0. The second-order valence-electron chi connectivity index (χ2n) is 6.38. The highest BCUT2D eigenvalue weighted by atomic mass is 32.2. The van der Waals surface area contributed by atoms with Gasteiger partial charge in [0, 0.05) is 24.7 Å². The fourth-order valence-electron chi connectivity index (χ4n) is 3.01. The predicted molar refractivity (Wildman–Crippen MR) is 113 cm³/mol. The number of benzene rings is 2. The van der Waals surface area contributed by atoms with E-state index in [4.69, 9.17) is 0 Å². The summed E-state index contributed by atoms with van der Waals surface area (Å²) in [5.41, 5.74) is 1.78. The minimum absolute atomic E-state index is 0.0953. The minimum Gasteiger partial charge on any atom is -0.236 e. The summed E-state index contributed by atoms with van der Waals surface area (Å²) in [6.07, 6.45) is 4.05. The Morgan fingerprint density at radius 2 is 1.89 bits per heavy atom. The average molecular weight is 413 g/mol. The molecule has 0 saturated heterocycles. The fraction of sp³-hybridized carbons (Fsp3) is 0.200. The molecule has 2 aromatic heterocycles. The summed E-state index contributed by atoms with van der Waals surface area (Å²) in [4.78, 5) is 4.16. The Bertz CT molecular complexity index is 1200. The number of sulfonamides is 1. The van der Waals surface area contributed by atoms with Gasteiger partial charge in [-0.3, -0.25) is 0 Å². The molecule has 0 fully saturated rings. The van der Waals surface area contributed by atoms with Crippen LogP contribution in [0.2, 0.25) is 0 Å². The van der Waals surface area contributed by atoms with Crippen LogP contribution < -0.4 is 4.72 Å². The van der Waals surface area contributed by atoms with E-state index in [0.29, 0.717) is 18.7 Å². The maximum atomic E-state index is 12.3. The quantitative estimate of drug-likeness (QED) is 0.354. The van der Waals surface area contributed by atoms with Gasteiger partial charge in [-0.05, 0) is 34.9 Å². The van der Waals surface area contributed by atoms with Crippen LogP contribution in [0.1, 0.15) is 12.0 Å². The first-order valence-corrected chi connectivity index (χ1v) is 11.6. The molecule has 0 radical (unpaired) electrons. The van der Waals surface area contributed by atoms with Gasteiger partial charge in [0.2, 0.25) is 10.0 Å². The summed E-state index contributed by atoms with van der Waals surface area (Å²) >= 11 is 1.54. The van der Waals surface area contributed by atoms with Crippen LogP contribution in [-0.2, 0) is 16.6 Å². The van der Waals surface area contributed by atoms with E-state index in [1.54, 1.807) is 28.7 Å². The molecule has 144 valence electrons. The van der Waals surface area contributed by atoms with Crippen molar-refractivity contribution >= 4 is 38.2 Å². The van der Waals surface area contributed by atoms with Crippen LogP contribution in [0, 0.1) is 0 Å². The first-order chi connectivity index (χ1) is 13.6. The number of imidazole rings is 1. The van der Waals surface area contributed by atoms with Gasteiger partial charge >= 0.3 is 0 Å². The number of nitrogens with zero attached hydrogens (tertiary/aromatic N) is 3. The molecule has 0 aliphatic rings. The van der Waals surface area contributed by atoms with Gasteiger partial charge in [-0.15, -0.1) is 11.8 Å². The van der Waals surface area contributed by atoms with E-state index in [1.165, 1.54) is 0 Å². The molecule has 0 aliphatic heterocycles. The van der Waals surface area contributed by atoms with Crippen molar-refractivity contribution in [1.82, 2.24) is 19.3 Å². The van der Waals surface area contributed by atoms with Crippen molar-refractivity contribution in [2.45, 2.75) is 18.0 Å². The van der Waals surface area contributed by atoms with Crippen molar-refractivity contribution in [3.63, 3.8) is 0 Å². The van der Waals surface area contributed by atoms with Gasteiger partial charge < -0.3 is 0 Å². The van der Waals surface area contributed by atoms with Gasteiger partial charge in [-0.2, -0.15) is 5.10 Å². The molecule has 4 aromatic rings. The molecule has 0 unspecified atom stereocenters. The molecule has 0 amide bonds. The van der Waals surface area contributed by atoms with E-state index >= 15 is 0 Å². The molecule has 4 rings (SSSR count). The number of rotatable bonds is 8. The van der Waals surface area contributed by atoms with E-state index in [2.05, 4.69) is 14.8 Å². The van der Waals surface area contributed by atoms with Crippen LogP contribution in [0.25, 0.3) is 16.4 Å². The van der Waals surface area contributed by atoms with E-state index in [0.717, 1.165) is 27.0 Å². The molecule has 2 heterocycles. The molecule has 0 aliphatic carbocycles. The van der Waals surface area contributed by atoms with Crippen molar-refractivity contribution in [2.24, 2.45) is 0 Å². The second-order valence-corrected chi connectivity index (χ2v) is 9.42. The molecular weight excluding hydrogens is 392 g/mol. The monoisotopic (exact) mass is 412 g/mol. The molecule has 1 N–H and O–H groups in total. The zero-order chi connectivity index (χ0) is 19.4. The van der Waals surface area contributed by atoms with Crippen molar-refractivity contribution in [2.75, 3.05) is 11.5 Å². The molecular formula is C20H20N4O2S2. The summed E-state index contributed by atoms with van der Waals surface area (Å²) in [7, 11) is -3.33. The number of nitrogens with one attached hydrogen (secondary N) is 1. The lowest BCUT2D eigenvalue weighted by molar-refractivity contribution is 0.580. The molecule has 0 saturated carbocycles. The first kappa shape index (κ1) is 18.9. The third-order valence-electron chi connectivity index (χ3n) is 4.40. The number of thioether (sulfide) groups is 1. The van der Waals surface area contributed by atoms with E-state index < -0.39 is 10.0 Å². The van der Waals surface area contributed by atoms with Crippen LogP contribution in [0.5, 0.6) is 0 Å². The molecule has 6 nitrogen and oxygen atoms in total. The van der Waals surface area contributed by atoms with Gasteiger partial charge in [0.15, 0.2) is 5.65 Å². The zero-order valence-corrected chi connectivity index (χ0v) is 16.8. The van der Waals surface area contributed by atoms with Crippen molar-refractivity contribution in [3.8, 4) is 0 Å². The van der Waals surface area contributed by atoms with Crippen molar-refractivity contribution in [3.05, 3.63) is 72.6 Å². The van der Waals surface area contributed by atoms with Crippen molar-refractivity contribution in [1.29, 1.82) is 0 Å². The molecule has 0 spiro atoms. The summed E-state index contributed by atoms with van der Waals surface area (Å²) in [6.45, 7) is 0.301. The average Bonchev–Trinajstić information content (AvgIpc) is 3.17. The van der Waals surface area contributed by atoms with Crippen LogP contribution >= 0.6 is 11.8 Å². The van der Waals surface area contributed by atoms with Gasteiger partial charge in [-0.25, -0.2) is 22.6 Å². The van der Waals surface area contributed by atoms with E-state index in [1.807, 2.05) is 54.6 Å². The molecule has 0 atom stereocenters. The topological polar surface area (TPSA) is 76.4 Å². The summed E-state index contributed by atoms with van der Waals surface area (Å²) in [5, 5.41) is 7.46. The maximum Gasteiger partial charge on any atom is 0.211 e. The Labute approximate surface area is 168 Å². The summed E-state index contributed by atoms with van der Waals surface area (Å²) in [5.74, 6) is 0.778. The third kappa shape index (κ3) is 4.52. The number of hydrogen-bond acceptors (Lipinski definition) is 5. The largest absolute Gasteiger partial charge is 0.236 e. The van der Waals surface area contributed by atoms with Crippen LogP contribution in [-0.4, -0.2) is 34.5 Å². The maximum absolute atomic E-state index is 12.3.